The molecule has 1 atom stereocenters. The standard InChI is InChI=1S/C11H18N2OS/c1-2-9(10-5-4-8-15-10)13-7-3-6-11(12)14/h4-5,8-9,13H,2-3,6-7H2,1H3,(H2,12,14). The zero-order valence-corrected chi connectivity index (χ0v) is 9.85. The summed E-state index contributed by atoms with van der Waals surface area (Å²) in [5.41, 5.74) is 5.07. The largest absolute Gasteiger partial charge is 0.370 e. The molecule has 0 fully saturated rings. The molecule has 0 saturated carbocycles. The van der Waals surface area contributed by atoms with E-state index < -0.39 is 0 Å². The molecule has 1 amide bonds. The predicted octanol–water partition coefficient (Wildman–Crippen LogP) is 2.05. The Labute approximate surface area is 94.7 Å². The van der Waals surface area contributed by atoms with Crippen molar-refractivity contribution in [3.8, 4) is 0 Å². The second-order valence-corrected chi connectivity index (χ2v) is 4.48. The minimum atomic E-state index is -0.221. The smallest absolute Gasteiger partial charge is 0.217 e. The minimum absolute atomic E-state index is 0.221. The van der Waals surface area contributed by atoms with Gasteiger partial charge in [-0.25, -0.2) is 0 Å². The van der Waals surface area contributed by atoms with E-state index in [1.165, 1.54) is 4.88 Å². The maximum absolute atomic E-state index is 10.5. The molecule has 0 aromatic carbocycles. The molecule has 1 heterocycles. The van der Waals surface area contributed by atoms with Gasteiger partial charge in [0.05, 0.1) is 0 Å². The third-order valence-corrected chi connectivity index (χ3v) is 3.27. The molecular formula is C11H18N2OS. The van der Waals surface area contributed by atoms with E-state index >= 15 is 0 Å². The van der Waals surface area contributed by atoms with Gasteiger partial charge in [0.15, 0.2) is 0 Å². The van der Waals surface area contributed by atoms with Crippen LogP contribution in [0.3, 0.4) is 0 Å². The molecule has 3 N–H and O–H groups in total. The molecule has 0 aliphatic heterocycles. The molecule has 0 saturated heterocycles. The Kier molecular flexibility index (Phi) is 5.36. The lowest BCUT2D eigenvalue weighted by molar-refractivity contribution is -0.118. The van der Waals surface area contributed by atoms with Crippen molar-refractivity contribution in [2.45, 2.75) is 32.2 Å². The van der Waals surface area contributed by atoms with Gasteiger partial charge in [-0.15, -0.1) is 11.3 Å². The quantitative estimate of drug-likeness (QED) is 0.699. The van der Waals surface area contributed by atoms with Gasteiger partial charge in [-0.05, 0) is 30.8 Å². The number of carbonyl (C=O) groups excluding carboxylic acids is 1. The van der Waals surface area contributed by atoms with Crippen molar-refractivity contribution in [3.63, 3.8) is 0 Å². The fraction of sp³-hybridized carbons (Fsp3) is 0.545. The van der Waals surface area contributed by atoms with Gasteiger partial charge >= 0.3 is 0 Å². The second kappa shape index (κ2) is 6.58. The minimum Gasteiger partial charge on any atom is -0.370 e. The average Bonchev–Trinajstić information content (AvgIpc) is 2.70. The van der Waals surface area contributed by atoms with Gasteiger partial charge in [0.1, 0.15) is 0 Å². The van der Waals surface area contributed by atoms with Crippen LogP contribution in [0, 0.1) is 0 Å². The van der Waals surface area contributed by atoms with Crippen molar-refractivity contribution in [1.82, 2.24) is 5.32 Å². The first-order valence-corrected chi connectivity index (χ1v) is 6.17. The molecule has 84 valence electrons. The lowest BCUT2D eigenvalue weighted by atomic mass is 10.2. The number of carbonyl (C=O) groups is 1. The summed E-state index contributed by atoms with van der Waals surface area (Å²) in [4.78, 5) is 11.9. The Morgan fingerprint density at radius 3 is 3.00 bits per heavy atom. The van der Waals surface area contributed by atoms with Crippen LogP contribution in [0.15, 0.2) is 17.5 Å². The first-order chi connectivity index (χ1) is 7.24. The molecular weight excluding hydrogens is 208 g/mol. The normalized spacial score (nSPS) is 12.6. The van der Waals surface area contributed by atoms with Gasteiger partial charge in [0.2, 0.25) is 5.91 Å². The van der Waals surface area contributed by atoms with Gasteiger partial charge in [-0.3, -0.25) is 4.79 Å². The van der Waals surface area contributed by atoms with Crippen molar-refractivity contribution >= 4 is 17.2 Å². The molecule has 0 aliphatic carbocycles. The molecule has 15 heavy (non-hydrogen) atoms. The van der Waals surface area contributed by atoms with Gasteiger partial charge < -0.3 is 11.1 Å². The SMILES string of the molecule is CCC(NCCCC(N)=O)c1cccs1. The predicted molar refractivity (Wildman–Crippen MR) is 63.8 cm³/mol. The Morgan fingerprint density at radius 2 is 2.47 bits per heavy atom. The number of hydrogen-bond acceptors (Lipinski definition) is 3. The molecule has 1 rings (SSSR count). The first kappa shape index (κ1) is 12.2. The zero-order chi connectivity index (χ0) is 11.1. The number of hydrogen-bond donors (Lipinski definition) is 2. The van der Waals surface area contributed by atoms with E-state index in [4.69, 9.17) is 5.73 Å². The Hall–Kier alpha value is -0.870. The maximum atomic E-state index is 10.5. The van der Waals surface area contributed by atoms with Crippen LogP contribution in [0.4, 0.5) is 0 Å². The van der Waals surface area contributed by atoms with E-state index in [2.05, 4.69) is 29.8 Å². The van der Waals surface area contributed by atoms with E-state index in [1.54, 1.807) is 11.3 Å². The highest BCUT2D eigenvalue weighted by molar-refractivity contribution is 7.10. The molecule has 0 aliphatic rings. The van der Waals surface area contributed by atoms with Crippen LogP contribution in [0.25, 0.3) is 0 Å². The number of thiophene rings is 1. The Bertz CT molecular complexity index is 285. The van der Waals surface area contributed by atoms with Crippen LogP contribution in [-0.4, -0.2) is 12.5 Å². The van der Waals surface area contributed by atoms with Crippen LogP contribution in [0.2, 0.25) is 0 Å². The van der Waals surface area contributed by atoms with Gasteiger partial charge in [0, 0.05) is 17.3 Å². The summed E-state index contributed by atoms with van der Waals surface area (Å²) in [6.07, 6.45) is 2.35. The molecule has 1 unspecified atom stereocenters. The lowest BCUT2D eigenvalue weighted by Crippen LogP contribution is -2.22. The summed E-state index contributed by atoms with van der Waals surface area (Å²) in [6.45, 7) is 3.00. The van der Waals surface area contributed by atoms with E-state index in [0.29, 0.717) is 12.5 Å². The lowest BCUT2D eigenvalue weighted by Gasteiger charge is -2.14. The van der Waals surface area contributed by atoms with Crippen molar-refractivity contribution in [3.05, 3.63) is 22.4 Å². The first-order valence-electron chi connectivity index (χ1n) is 5.29. The van der Waals surface area contributed by atoms with Crippen molar-refractivity contribution in [2.75, 3.05) is 6.54 Å². The highest BCUT2D eigenvalue weighted by Gasteiger charge is 2.08. The summed E-state index contributed by atoms with van der Waals surface area (Å²) < 4.78 is 0. The van der Waals surface area contributed by atoms with Crippen LogP contribution in [0.1, 0.15) is 37.1 Å². The van der Waals surface area contributed by atoms with E-state index in [1.807, 2.05) is 0 Å². The number of nitrogens with one attached hydrogen (secondary N) is 1. The van der Waals surface area contributed by atoms with Crippen molar-refractivity contribution < 1.29 is 4.79 Å². The van der Waals surface area contributed by atoms with Crippen LogP contribution in [0.5, 0.6) is 0 Å². The molecule has 0 spiro atoms. The van der Waals surface area contributed by atoms with Gasteiger partial charge in [0.25, 0.3) is 0 Å². The summed E-state index contributed by atoms with van der Waals surface area (Å²) in [7, 11) is 0. The molecule has 4 heteroatoms. The molecule has 0 radical (unpaired) electrons. The summed E-state index contributed by atoms with van der Waals surface area (Å²) in [6, 6.07) is 4.62. The molecule has 0 bridgehead atoms. The van der Waals surface area contributed by atoms with E-state index in [0.717, 1.165) is 19.4 Å². The van der Waals surface area contributed by atoms with Gasteiger partial charge in [-0.1, -0.05) is 13.0 Å². The monoisotopic (exact) mass is 226 g/mol. The van der Waals surface area contributed by atoms with E-state index in [9.17, 15) is 4.79 Å². The fourth-order valence-corrected chi connectivity index (χ4v) is 2.36. The summed E-state index contributed by atoms with van der Waals surface area (Å²) in [5.74, 6) is -0.221. The molecule has 1 aromatic heterocycles. The second-order valence-electron chi connectivity index (χ2n) is 3.50. The number of rotatable bonds is 7. The fourth-order valence-electron chi connectivity index (χ4n) is 1.47. The maximum Gasteiger partial charge on any atom is 0.217 e. The van der Waals surface area contributed by atoms with Crippen molar-refractivity contribution in [1.29, 1.82) is 0 Å². The van der Waals surface area contributed by atoms with Crippen LogP contribution in [-0.2, 0) is 4.79 Å². The van der Waals surface area contributed by atoms with Gasteiger partial charge in [-0.2, -0.15) is 0 Å². The van der Waals surface area contributed by atoms with Crippen molar-refractivity contribution in [2.24, 2.45) is 5.73 Å². The zero-order valence-electron chi connectivity index (χ0n) is 9.03. The number of nitrogens with two attached hydrogens (primary N) is 1. The topological polar surface area (TPSA) is 55.1 Å². The average molecular weight is 226 g/mol. The third kappa shape index (κ3) is 4.44. The summed E-state index contributed by atoms with van der Waals surface area (Å²) >= 11 is 1.77. The molecule has 3 nitrogen and oxygen atoms in total. The van der Waals surface area contributed by atoms with E-state index in [-0.39, 0.29) is 5.91 Å². The number of primary amides is 1. The highest BCUT2D eigenvalue weighted by atomic mass is 32.1. The molecule has 1 aromatic rings. The Balaban J connectivity index is 2.26. The van der Waals surface area contributed by atoms with Crippen LogP contribution < -0.4 is 11.1 Å². The van der Waals surface area contributed by atoms with Crippen LogP contribution >= 0.6 is 11.3 Å². The Morgan fingerprint density at radius 1 is 1.67 bits per heavy atom. The highest BCUT2D eigenvalue weighted by Crippen LogP contribution is 2.21. The summed E-state index contributed by atoms with van der Waals surface area (Å²) in [5, 5.41) is 5.52. The third-order valence-electron chi connectivity index (χ3n) is 2.29. The number of amides is 1.